The summed E-state index contributed by atoms with van der Waals surface area (Å²) in [4.78, 5) is 4.84. The van der Waals surface area contributed by atoms with Crippen LogP contribution in [0.2, 0.25) is 0 Å². The predicted octanol–water partition coefficient (Wildman–Crippen LogP) is 6.85. The van der Waals surface area contributed by atoms with E-state index in [1.165, 1.54) is 27.6 Å². The summed E-state index contributed by atoms with van der Waals surface area (Å²) >= 11 is 0. The van der Waals surface area contributed by atoms with E-state index in [1.54, 1.807) is 0 Å². The fourth-order valence-electron chi connectivity index (χ4n) is 4.82. The van der Waals surface area contributed by atoms with Gasteiger partial charge >= 0.3 is 0 Å². The third kappa shape index (κ3) is 2.22. The molecule has 3 heterocycles. The molecule has 0 atom stereocenters. The fraction of sp³-hybridized carbons (Fsp3) is 0.0741. The molecule has 4 nitrogen and oxygen atoms in total. The lowest BCUT2D eigenvalue weighted by Crippen LogP contribution is -1.88. The third-order valence-corrected chi connectivity index (χ3v) is 6.38. The van der Waals surface area contributed by atoms with Gasteiger partial charge in [0.25, 0.3) is 0 Å². The first kappa shape index (κ1) is 16.7. The maximum Gasteiger partial charge on any atom is 0.215 e. The quantitative estimate of drug-likeness (QED) is 0.301. The van der Waals surface area contributed by atoms with Gasteiger partial charge in [-0.05, 0) is 66.6 Å². The molecule has 4 heteroatoms. The van der Waals surface area contributed by atoms with E-state index in [4.69, 9.17) is 9.40 Å². The molecule has 0 saturated carbocycles. The Bertz CT molecular complexity index is 1810. The molecule has 7 aromatic rings. The van der Waals surface area contributed by atoms with Crippen LogP contribution in [-0.4, -0.2) is 14.0 Å². The Morgan fingerprint density at radius 1 is 0.710 bits per heavy atom. The average Bonchev–Trinajstić information content (AvgIpc) is 3.43. The standard InChI is InChI=1S/C27H19N3O/c1-16-7-11-25-19(13-16)20-14-17(9-12-26(20)31-25)18-8-10-23-24(15-18)30-22-6-4-3-5-21(22)28-27(30)29(23)2/h3-15H,1-2H3. The van der Waals surface area contributed by atoms with Crippen molar-refractivity contribution in [2.24, 2.45) is 7.05 Å². The van der Waals surface area contributed by atoms with Crippen LogP contribution in [0.25, 0.3) is 60.9 Å². The Hall–Kier alpha value is -4.05. The highest BCUT2D eigenvalue weighted by Crippen LogP contribution is 2.34. The van der Waals surface area contributed by atoms with E-state index in [9.17, 15) is 0 Å². The largest absolute Gasteiger partial charge is 0.456 e. The SMILES string of the molecule is Cc1ccc2oc3ccc(-c4ccc5c(c4)n4c6ccccc6nc4n5C)cc3c2c1. The normalized spacial score (nSPS) is 12.2. The van der Waals surface area contributed by atoms with Crippen molar-refractivity contribution in [2.75, 3.05) is 0 Å². The number of benzene rings is 4. The summed E-state index contributed by atoms with van der Waals surface area (Å²) in [6.07, 6.45) is 0. The number of aromatic nitrogens is 3. The van der Waals surface area contributed by atoms with E-state index in [2.05, 4.69) is 95.7 Å². The number of aryl methyl sites for hydroxylation is 2. The number of para-hydroxylation sites is 2. The second-order valence-corrected chi connectivity index (χ2v) is 8.31. The zero-order valence-corrected chi connectivity index (χ0v) is 17.3. The molecular formula is C27H19N3O. The molecule has 0 amide bonds. The maximum atomic E-state index is 6.05. The molecule has 0 fully saturated rings. The minimum absolute atomic E-state index is 0.924. The van der Waals surface area contributed by atoms with Crippen LogP contribution in [0.5, 0.6) is 0 Å². The molecule has 4 aromatic carbocycles. The predicted molar refractivity (Wildman–Crippen MR) is 127 cm³/mol. The van der Waals surface area contributed by atoms with Crippen molar-refractivity contribution in [1.82, 2.24) is 14.0 Å². The third-order valence-electron chi connectivity index (χ3n) is 6.38. The van der Waals surface area contributed by atoms with Gasteiger partial charge in [0.15, 0.2) is 0 Å². The first-order chi connectivity index (χ1) is 15.2. The van der Waals surface area contributed by atoms with Crippen molar-refractivity contribution in [2.45, 2.75) is 6.92 Å². The molecule has 0 aliphatic rings. The second kappa shape index (κ2) is 5.76. The van der Waals surface area contributed by atoms with Gasteiger partial charge in [-0.3, -0.25) is 4.40 Å². The van der Waals surface area contributed by atoms with Crippen molar-refractivity contribution >= 4 is 49.8 Å². The number of rotatable bonds is 1. The van der Waals surface area contributed by atoms with Gasteiger partial charge in [-0.1, -0.05) is 35.9 Å². The van der Waals surface area contributed by atoms with Crippen molar-refractivity contribution in [1.29, 1.82) is 0 Å². The topological polar surface area (TPSA) is 35.4 Å². The second-order valence-electron chi connectivity index (χ2n) is 8.31. The summed E-state index contributed by atoms with van der Waals surface area (Å²) in [5, 5.41) is 2.32. The molecule has 7 rings (SSSR count). The van der Waals surface area contributed by atoms with Crippen LogP contribution >= 0.6 is 0 Å². The van der Waals surface area contributed by atoms with Crippen molar-refractivity contribution in [3.8, 4) is 11.1 Å². The van der Waals surface area contributed by atoms with Crippen LogP contribution in [0.3, 0.4) is 0 Å². The van der Waals surface area contributed by atoms with E-state index in [0.717, 1.165) is 38.9 Å². The number of furan rings is 1. The van der Waals surface area contributed by atoms with Gasteiger partial charge < -0.3 is 8.98 Å². The first-order valence-electron chi connectivity index (χ1n) is 10.5. The summed E-state index contributed by atoms with van der Waals surface area (Å²) in [6, 6.07) is 27.8. The molecule has 0 radical (unpaired) electrons. The Balaban J connectivity index is 1.51. The van der Waals surface area contributed by atoms with Crippen LogP contribution < -0.4 is 0 Å². The highest BCUT2D eigenvalue weighted by Gasteiger charge is 2.15. The van der Waals surface area contributed by atoms with Crippen LogP contribution in [-0.2, 0) is 7.05 Å². The zero-order chi connectivity index (χ0) is 20.7. The monoisotopic (exact) mass is 401 g/mol. The molecular weight excluding hydrogens is 382 g/mol. The smallest absolute Gasteiger partial charge is 0.215 e. The molecule has 31 heavy (non-hydrogen) atoms. The van der Waals surface area contributed by atoms with E-state index in [-0.39, 0.29) is 0 Å². The van der Waals surface area contributed by atoms with Crippen LogP contribution in [0.4, 0.5) is 0 Å². The van der Waals surface area contributed by atoms with Gasteiger partial charge in [0.1, 0.15) is 11.2 Å². The molecule has 0 unspecified atom stereocenters. The minimum atomic E-state index is 0.924. The summed E-state index contributed by atoms with van der Waals surface area (Å²) in [6.45, 7) is 2.12. The Morgan fingerprint density at radius 3 is 2.35 bits per heavy atom. The maximum absolute atomic E-state index is 6.05. The van der Waals surface area contributed by atoms with Gasteiger partial charge in [0.2, 0.25) is 5.78 Å². The highest BCUT2D eigenvalue weighted by atomic mass is 16.3. The molecule has 3 aromatic heterocycles. The number of fused-ring (bicyclic) bond motifs is 8. The number of nitrogens with zero attached hydrogens (tertiary/aromatic N) is 3. The van der Waals surface area contributed by atoms with Crippen molar-refractivity contribution in [3.63, 3.8) is 0 Å². The van der Waals surface area contributed by atoms with Gasteiger partial charge in [-0.2, -0.15) is 0 Å². The average molecular weight is 401 g/mol. The van der Waals surface area contributed by atoms with Crippen molar-refractivity contribution in [3.05, 3.63) is 84.4 Å². The summed E-state index contributed by atoms with van der Waals surface area (Å²) < 4.78 is 10.5. The lowest BCUT2D eigenvalue weighted by atomic mass is 10.0. The van der Waals surface area contributed by atoms with Gasteiger partial charge in [-0.25, -0.2) is 4.98 Å². The minimum Gasteiger partial charge on any atom is -0.456 e. The summed E-state index contributed by atoms with van der Waals surface area (Å²) in [5.74, 6) is 0.958. The summed E-state index contributed by atoms with van der Waals surface area (Å²) in [7, 11) is 2.08. The molecule has 0 bridgehead atoms. The molecule has 0 saturated heterocycles. The zero-order valence-electron chi connectivity index (χ0n) is 17.3. The molecule has 0 aliphatic carbocycles. The number of hydrogen-bond acceptors (Lipinski definition) is 2. The van der Waals surface area contributed by atoms with Crippen LogP contribution in [0.1, 0.15) is 5.56 Å². The Morgan fingerprint density at radius 2 is 1.45 bits per heavy atom. The van der Waals surface area contributed by atoms with Gasteiger partial charge in [-0.15, -0.1) is 0 Å². The van der Waals surface area contributed by atoms with E-state index < -0.39 is 0 Å². The van der Waals surface area contributed by atoms with Gasteiger partial charge in [0, 0.05) is 17.8 Å². The van der Waals surface area contributed by atoms with Crippen LogP contribution in [0.15, 0.2) is 83.3 Å². The lowest BCUT2D eigenvalue weighted by Gasteiger charge is -2.04. The molecule has 0 aliphatic heterocycles. The highest BCUT2D eigenvalue weighted by molar-refractivity contribution is 6.06. The molecule has 0 spiro atoms. The Labute approximate surface area is 177 Å². The fourth-order valence-corrected chi connectivity index (χ4v) is 4.82. The van der Waals surface area contributed by atoms with Crippen LogP contribution in [0, 0.1) is 6.92 Å². The van der Waals surface area contributed by atoms with Gasteiger partial charge in [0.05, 0.1) is 22.1 Å². The Kier molecular flexibility index (Phi) is 3.11. The number of imidazole rings is 2. The van der Waals surface area contributed by atoms with E-state index in [0.29, 0.717) is 0 Å². The van der Waals surface area contributed by atoms with E-state index >= 15 is 0 Å². The van der Waals surface area contributed by atoms with Crippen molar-refractivity contribution < 1.29 is 4.42 Å². The first-order valence-corrected chi connectivity index (χ1v) is 10.5. The number of hydrogen-bond donors (Lipinski definition) is 0. The molecule has 0 N–H and O–H groups in total. The lowest BCUT2D eigenvalue weighted by molar-refractivity contribution is 0.669. The summed E-state index contributed by atoms with van der Waals surface area (Å²) in [5.41, 5.74) is 9.94. The molecule has 148 valence electrons. The van der Waals surface area contributed by atoms with E-state index in [1.807, 2.05) is 6.07 Å².